The Labute approximate surface area is 102 Å². The summed E-state index contributed by atoms with van der Waals surface area (Å²) >= 11 is 0. The second kappa shape index (κ2) is 4.82. The number of nitrogens with one attached hydrogen (secondary N) is 1. The molecule has 1 aromatic heterocycles. The predicted octanol–water partition coefficient (Wildman–Crippen LogP) is 2.09. The van der Waals surface area contributed by atoms with Crippen molar-refractivity contribution in [1.82, 2.24) is 9.97 Å². The normalized spacial score (nSPS) is 10.2. The van der Waals surface area contributed by atoms with E-state index in [9.17, 15) is 8.78 Å². The van der Waals surface area contributed by atoms with Gasteiger partial charge in [-0.1, -0.05) is 0 Å². The Kier molecular flexibility index (Phi) is 3.22. The Balaban J connectivity index is 2.34. The van der Waals surface area contributed by atoms with Crippen LogP contribution >= 0.6 is 0 Å². The first-order valence-corrected chi connectivity index (χ1v) is 4.98. The van der Waals surface area contributed by atoms with Crippen molar-refractivity contribution in [1.29, 1.82) is 0 Å². The molecule has 0 saturated carbocycles. The van der Waals surface area contributed by atoms with Gasteiger partial charge in [-0.15, -0.1) is 0 Å². The number of nitrogen functional groups attached to an aromatic ring is 1. The summed E-state index contributed by atoms with van der Waals surface area (Å²) in [7, 11) is 1.40. The molecule has 1 heterocycles. The second-order valence-corrected chi connectivity index (χ2v) is 3.39. The molecule has 7 heteroatoms. The molecule has 3 N–H and O–H groups in total. The number of hydrogen-bond acceptors (Lipinski definition) is 5. The number of nitrogens with two attached hydrogens (primary N) is 1. The van der Waals surface area contributed by atoms with Crippen LogP contribution in [0.2, 0.25) is 0 Å². The Morgan fingerprint density at radius 3 is 2.72 bits per heavy atom. The van der Waals surface area contributed by atoms with Crippen LogP contribution in [-0.4, -0.2) is 17.1 Å². The molecule has 0 atom stereocenters. The fraction of sp³-hybridized carbons (Fsp3) is 0.0909. The number of hydrogen-bond donors (Lipinski definition) is 2. The molecule has 2 rings (SSSR count). The van der Waals surface area contributed by atoms with E-state index in [-0.39, 0.29) is 23.1 Å². The minimum Gasteiger partial charge on any atom is -0.479 e. The lowest BCUT2D eigenvalue weighted by Gasteiger charge is -2.10. The summed E-state index contributed by atoms with van der Waals surface area (Å²) in [4.78, 5) is 7.64. The molecular weight excluding hydrogens is 242 g/mol. The van der Waals surface area contributed by atoms with Crippen LogP contribution in [0.4, 0.5) is 26.0 Å². The van der Waals surface area contributed by atoms with Gasteiger partial charge in [-0.3, -0.25) is 0 Å². The molecule has 94 valence electrons. The molecule has 0 amide bonds. The smallest absolute Gasteiger partial charge is 0.242 e. The highest BCUT2D eigenvalue weighted by molar-refractivity contribution is 5.72. The number of rotatable bonds is 3. The summed E-state index contributed by atoms with van der Waals surface area (Å²) in [6.45, 7) is 0. The lowest BCUT2D eigenvalue weighted by Crippen LogP contribution is -2.04. The summed E-state index contributed by atoms with van der Waals surface area (Å²) in [5, 5.41) is 2.64. The van der Waals surface area contributed by atoms with Gasteiger partial charge in [0.25, 0.3) is 0 Å². The van der Waals surface area contributed by atoms with Crippen LogP contribution < -0.4 is 15.8 Å². The fourth-order valence-electron chi connectivity index (χ4n) is 1.36. The SMILES string of the molecule is COc1ncnc(Nc2ccc(F)cc2F)c1N. The largest absolute Gasteiger partial charge is 0.479 e. The highest BCUT2D eigenvalue weighted by Gasteiger charge is 2.10. The van der Waals surface area contributed by atoms with Gasteiger partial charge in [0.15, 0.2) is 5.82 Å². The van der Waals surface area contributed by atoms with Gasteiger partial charge in [0.1, 0.15) is 23.6 Å². The maximum atomic E-state index is 13.4. The van der Waals surface area contributed by atoms with Gasteiger partial charge < -0.3 is 15.8 Å². The van der Waals surface area contributed by atoms with Gasteiger partial charge in [-0.2, -0.15) is 4.98 Å². The van der Waals surface area contributed by atoms with Crippen LogP contribution in [0.1, 0.15) is 0 Å². The highest BCUT2D eigenvalue weighted by Crippen LogP contribution is 2.28. The molecule has 1 aromatic carbocycles. The van der Waals surface area contributed by atoms with Crippen LogP contribution in [0, 0.1) is 11.6 Å². The number of nitrogens with zero attached hydrogens (tertiary/aromatic N) is 2. The van der Waals surface area contributed by atoms with Crippen molar-refractivity contribution in [2.75, 3.05) is 18.2 Å². The molecule has 0 bridgehead atoms. The lowest BCUT2D eigenvalue weighted by atomic mass is 10.3. The molecule has 0 spiro atoms. The highest BCUT2D eigenvalue weighted by atomic mass is 19.1. The lowest BCUT2D eigenvalue weighted by molar-refractivity contribution is 0.399. The third kappa shape index (κ3) is 2.29. The van der Waals surface area contributed by atoms with Gasteiger partial charge in [-0.05, 0) is 12.1 Å². The number of benzene rings is 1. The Morgan fingerprint density at radius 1 is 1.28 bits per heavy atom. The van der Waals surface area contributed by atoms with E-state index < -0.39 is 11.6 Å². The Hall–Kier alpha value is -2.44. The average Bonchev–Trinajstić information content (AvgIpc) is 2.35. The van der Waals surface area contributed by atoms with Crippen molar-refractivity contribution < 1.29 is 13.5 Å². The standard InChI is InChI=1S/C11H10F2N4O/c1-18-11-9(14)10(15-5-16-11)17-8-3-2-6(12)4-7(8)13/h2-5H,14H2,1H3,(H,15,16,17). The van der Waals surface area contributed by atoms with Crippen LogP contribution in [0.25, 0.3) is 0 Å². The molecule has 0 aliphatic rings. The third-order valence-corrected chi connectivity index (χ3v) is 2.22. The molecule has 0 radical (unpaired) electrons. The molecular formula is C11H10F2N4O. The van der Waals surface area contributed by atoms with E-state index in [1.165, 1.54) is 19.5 Å². The summed E-state index contributed by atoms with van der Waals surface area (Å²) in [6.07, 6.45) is 1.22. The van der Waals surface area contributed by atoms with E-state index in [0.717, 1.165) is 12.1 Å². The molecule has 18 heavy (non-hydrogen) atoms. The van der Waals surface area contributed by atoms with E-state index in [1.807, 2.05) is 0 Å². The summed E-state index contributed by atoms with van der Waals surface area (Å²) in [6, 6.07) is 3.13. The number of anilines is 3. The van der Waals surface area contributed by atoms with Crippen LogP contribution in [-0.2, 0) is 0 Å². The molecule has 0 aliphatic carbocycles. The first kappa shape index (κ1) is 12.0. The topological polar surface area (TPSA) is 73.1 Å². The summed E-state index contributed by atoms with van der Waals surface area (Å²) < 4.78 is 31.1. The number of ether oxygens (including phenoxy) is 1. The number of aromatic nitrogens is 2. The maximum Gasteiger partial charge on any atom is 0.242 e. The quantitative estimate of drug-likeness (QED) is 0.875. The zero-order valence-electron chi connectivity index (χ0n) is 9.45. The first-order valence-electron chi connectivity index (χ1n) is 4.98. The zero-order chi connectivity index (χ0) is 13.1. The van der Waals surface area contributed by atoms with Crippen molar-refractivity contribution >= 4 is 17.2 Å². The summed E-state index contributed by atoms with van der Waals surface area (Å²) in [5.74, 6) is -1.04. The van der Waals surface area contributed by atoms with Crippen molar-refractivity contribution in [2.24, 2.45) is 0 Å². The van der Waals surface area contributed by atoms with Crippen molar-refractivity contribution in [3.05, 3.63) is 36.2 Å². The van der Waals surface area contributed by atoms with Gasteiger partial charge in [0.05, 0.1) is 12.8 Å². The zero-order valence-corrected chi connectivity index (χ0v) is 9.45. The van der Waals surface area contributed by atoms with E-state index in [4.69, 9.17) is 10.5 Å². The molecule has 0 saturated heterocycles. The third-order valence-electron chi connectivity index (χ3n) is 2.22. The van der Waals surface area contributed by atoms with Crippen LogP contribution in [0.15, 0.2) is 24.5 Å². The predicted molar refractivity (Wildman–Crippen MR) is 62.6 cm³/mol. The molecule has 0 unspecified atom stereocenters. The summed E-state index contributed by atoms with van der Waals surface area (Å²) in [5.41, 5.74) is 5.91. The monoisotopic (exact) mass is 252 g/mol. The Morgan fingerprint density at radius 2 is 2.06 bits per heavy atom. The van der Waals surface area contributed by atoms with Crippen LogP contribution in [0.5, 0.6) is 5.88 Å². The van der Waals surface area contributed by atoms with E-state index >= 15 is 0 Å². The first-order chi connectivity index (χ1) is 8.61. The Bertz CT molecular complexity index is 577. The minimum absolute atomic E-state index is 0.0591. The van der Waals surface area contributed by atoms with Crippen molar-refractivity contribution in [2.45, 2.75) is 0 Å². The number of halogens is 2. The van der Waals surface area contributed by atoms with Gasteiger partial charge in [0, 0.05) is 6.07 Å². The molecule has 5 nitrogen and oxygen atoms in total. The minimum atomic E-state index is -0.744. The van der Waals surface area contributed by atoms with Gasteiger partial charge >= 0.3 is 0 Å². The second-order valence-electron chi connectivity index (χ2n) is 3.39. The fourth-order valence-corrected chi connectivity index (χ4v) is 1.36. The van der Waals surface area contributed by atoms with Gasteiger partial charge in [-0.25, -0.2) is 13.8 Å². The molecule has 2 aromatic rings. The van der Waals surface area contributed by atoms with Crippen molar-refractivity contribution in [3.8, 4) is 5.88 Å². The number of methoxy groups -OCH3 is 1. The maximum absolute atomic E-state index is 13.4. The van der Waals surface area contributed by atoms with Gasteiger partial charge in [0.2, 0.25) is 5.88 Å². The van der Waals surface area contributed by atoms with Crippen LogP contribution in [0.3, 0.4) is 0 Å². The molecule has 0 aliphatic heterocycles. The average molecular weight is 252 g/mol. The molecule has 0 fully saturated rings. The van der Waals surface area contributed by atoms with Crippen molar-refractivity contribution in [3.63, 3.8) is 0 Å². The van der Waals surface area contributed by atoms with E-state index in [2.05, 4.69) is 15.3 Å². The van der Waals surface area contributed by atoms with E-state index in [0.29, 0.717) is 0 Å². The van der Waals surface area contributed by atoms with E-state index in [1.54, 1.807) is 0 Å².